The number of aromatic amines is 1. The van der Waals surface area contributed by atoms with E-state index in [9.17, 15) is 0 Å². The van der Waals surface area contributed by atoms with E-state index in [0.29, 0.717) is 0 Å². The molecule has 70 valence electrons. The fraction of sp³-hybridized carbons (Fsp3) is 0.429. The lowest BCUT2D eigenvalue weighted by Gasteiger charge is -2.05. The maximum atomic E-state index is 4.74. The van der Waals surface area contributed by atoms with E-state index in [0.717, 1.165) is 0 Å². The Morgan fingerprint density at radius 3 is 1.42 bits per heavy atom. The number of rotatable bonds is 3. The van der Waals surface area contributed by atoms with Crippen LogP contribution in [0.1, 0.15) is 0 Å². The van der Waals surface area contributed by atoms with Crippen LogP contribution in [-0.4, -0.2) is 35.8 Å². The summed E-state index contributed by atoms with van der Waals surface area (Å²) in [4.78, 5) is 2.86. The summed E-state index contributed by atoms with van der Waals surface area (Å²) < 4.78 is 14.2. The molecule has 1 aromatic rings. The largest absolute Gasteiger partial charge is 0.483 e. The molecule has 0 saturated carbocycles. The molecule has 1 N–H and O–H groups in total. The molecular weight excluding hydrogens is 174 g/mol. The molecule has 0 saturated heterocycles. The molecule has 0 atom stereocenters. The number of hydrogen-bond acceptors (Lipinski definition) is 3. The van der Waals surface area contributed by atoms with Crippen molar-refractivity contribution in [3.8, 4) is 0 Å². The molecule has 1 aromatic heterocycles. The van der Waals surface area contributed by atoms with E-state index < -0.39 is 9.53 Å². The van der Waals surface area contributed by atoms with Gasteiger partial charge in [0.05, 0.1) is 0 Å². The highest BCUT2D eigenvalue weighted by molar-refractivity contribution is 6.36. The van der Waals surface area contributed by atoms with Crippen LogP contribution in [0.2, 0.25) is 0 Å². The van der Waals surface area contributed by atoms with Gasteiger partial charge in [0, 0.05) is 33.7 Å². The number of hydrogen-bond donors (Lipinski definition) is 1. The highest BCUT2D eigenvalue weighted by atomic mass is 28.3. The number of aromatic nitrogens is 1. The van der Waals surface area contributed by atoms with Crippen molar-refractivity contribution in [1.29, 1.82) is 0 Å². The smallest absolute Gasteiger partial charge is 0.379 e. The van der Waals surface area contributed by atoms with Gasteiger partial charge in [0.15, 0.2) is 0 Å². The van der Waals surface area contributed by atoms with Crippen LogP contribution in [0.15, 0.2) is 24.5 Å². The second-order valence-electron chi connectivity index (χ2n) is 1.88. The first-order chi connectivity index (χ1) is 5.85. The van der Waals surface area contributed by atoms with Gasteiger partial charge >= 0.3 is 9.53 Å². The standard InChI is InChI=1S/C4H5N.C3H10O3Si/c1-2-4-5-3-1;1-4-7(5-2)6-3/h1-5H;7H,1-3H3. The number of nitrogens with one attached hydrogen (secondary N) is 1. The highest BCUT2D eigenvalue weighted by Gasteiger charge is 2.04. The van der Waals surface area contributed by atoms with Crippen molar-refractivity contribution in [2.45, 2.75) is 0 Å². The summed E-state index contributed by atoms with van der Waals surface area (Å²) >= 11 is 0. The van der Waals surface area contributed by atoms with Crippen molar-refractivity contribution < 1.29 is 13.3 Å². The van der Waals surface area contributed by atoms with Gasteiger partial charge in [0.25, 0.3) is 0 Å². The first-order valence-corrected chi connectivity index (χ1v) is 4.92. The minimum Gasteiger partial charge on any atom is -0.379 e. The Labute approximate surface area is 74.4 Å². The molecule has 1 rings (SSSR count). The summed E-state index contributed by atoms with van der Waals surface area (Å²) in [5.74, 6) is 0. The van der Waals surface area contributed by atoms with E-state index in [1.807, 2.05) is 24.5 Å². The van der Waals surface area contributed by atoms with Gasteiger partial charge in [-0.2, -0.15) is 0 Å². The molecule has 0 aliphatic rings. The molecule has 0 radical (unpaired) electrons. The Morgan fingerprint density at radius 1 is 0.917 bits per heavy atom. The number of H-pyrrole nitrogens is 1. The Kier molecular flexibility index (Phi) is 8.03. The lowest BCUT2D eigenvalue weighted by atomic mass is 10.7. The van der Waals surface area contributed by atoms with E-state index in [2.05, 4.69) is 4.98 Å². The molecule has 0 aliphatic heterocycles. The maximum absolute atomic E-state index is 4.74. The molecule has 0 spiro atoms. The lowest BCUT2D eigenvalue weighted by Crippen LogP contribution is -2.21. The Bertz CT molecular complexity index is 131. The Balaban J connectivity index is 0.000000211. The molecule has 0 aliphatic carbocycles. The summed E-state index contributed by atoms with van der Waals surface area (Å²) in [6, 6.07) is 3.89. The fourth-order valence-electron chi connectivity index (χ4n) is 0.566. The molecule has 0 aromatic carbocycles. The molecule has 12 heavy (non-hydrogen) atoms. The Hall–Kier alpha value is -0.623. The predicted octanol–water partition coefficient (Wildman–Crippen LogP) is 0.657. The zero-order valence-corrected chi connectivity index (χ0v) is 8.77. The van der Waals surface area contributed by atoms with E-state index in [1.165, 1.54) is 0 Å². The van der Waals surface area contributed by atoms with Crippen molar-refractivity contribution in [3.63, 3.8) is 0 Å². The first kappa shape index (κ1) is 11.4. The summed E-state index contributed by atoms with van der Waals surface area (Å²) in [6.07, 6.45) is 3.75. The average molecular weight is 189 g/mol. The van der Waals surface area contributed by atoms with E-state index in [4.69, 9.17) is 13.3 Å². The van der Waals surface area contributed by atoms with Gasteiger partial charge in [0.1, 0.15) is 0 Å². The third-order valence-corrected chi connectivity index (χ3v) is 2.23. The average Bonchev–Trinajstić information content (AvgIpc) is 2.64. The van der Waals surface area contributed by atoms with Crippen molar-refractivity contribution in [1.82, 2.24) is 4.98 Å². The van der Waals surface area contributed by atoms with Gasteiger partial charge in [-0.25, -0.2) is 0 Å². The summed E-state index contributed by atoms with van der Waals surface area (Å²) in [5.41, 5.74) is 0. The van der Waals surface area contributed by atoms with E-state index in [-0.39, 0.29) is 0 Å². The minimum atomic E-state index is -1.67. The summed E-state index contributed by atoms with van der Waals surface area (Å²) in [7, 11) is 3.05. The lowest BCUT2D eigenvalue weighted by molar-refractivity contribution is 0.163. The third-order valence-electron chi connectivity index (χ3n) is 1.07. The normalized spacial score (nSPS) is 9.33. The van der Waals surface area contributed by atoms with Gasteiger partial charge in [-0.1, -0.05) is 0 Å². The van der Waals surface area contributed by atoms with E-state index in [1.54, 1.807) is 21.3 Å². The zero-order chi connectivity index (χ0) is 9.23. The van der Waals surface area contributed by atoms with Crippen LogP contribution in [0.25, 0.3) is 0 Å². The van der Waals surface area contributed by atoms with Gasteiger partial charge < -0.3 is 18.3 Å². The molecule has 0 bridgehead atoms. The monoisotopic (exact) mass is 189 g/mol. The van der Waals surface area contributed by atoms with Crippen molar-refractivity contribution in [2.75, 3.05) is 21.3 Å². The topological polar surface area (TPSA) is 43.5 Å². The van der Waals surface area contributed by atoms with Crippen molar-refractivity contribution in [3.05, 3.63) is 24.5 Å². The van der Waals surface area contributed by atoms with Gasteiger partial charge in [0.2, 0.25) is 0 Å². The Morgan fingerprint density at radius 2 is 1.33 bits per heavy atom. The van der Waals surface area contributed by atoms with Gasteiger partial charge in [-0.15, -0.1) is 0 Å². The summed E-state index contributed by atoms with van der Waals surface area (Å²) in [6.45, 7) is 0. The van der Waals surface area contributed by atoms with Crippen LogP contribution < -0.4 is 0 Å². The second kappa shape index (κ2) is 8.47. The van der Waals surface area contributed by atoms with Crippen molar-refractivity contribution >= 4 is 9.53 Å². The molecule has 5 heteroatoms. The first-order valence-electron chi connectivity index (χ1n) is 3.51. The van der Waals surface area contributed by atoms with Crippen LogP contribution in [0.5, 0.6) is 0 Å². The molecule has 4 nitrogen and oxygen atoms in total. The maximum Gasteiger partial charge on any atom is 0.483 e. The summed E-state index contributed by atoms with van der Waals surface area (Å²) in [5, 5.41) is 0. The molecule has 0 fully saturated rings. The minimum absolute atomic E-state index is 1.57. The quantitative estimate of drug-likeness (QED) is 0.710. The van der Waals surface area contributed by atoms with E-state index >= 15 is 0 Å². The molecule has 0 unspecified atom stereocenters. The molecule has 1 heterocycles. The van der Waals surface area contributed by atoms with Crippen LogP contribution in [-0.2, 0) is 13.3 Å². The predicted molar refractivity (Wildman–Crippen MR) is 49.0 cm³/mol. The van der Waals surface area contributed by atoms with Crippen LogP contribution in [0.3, 0.4) is 0 Å². The van der Waals surface area contributed by atoms with Crippen LogP contribution in [0.4, 0.5) is 0 Å². The van der Waals surface area contributed by atoms with Crippen LogP contribution >= 0.6 is 0 Å². The van der Waals surface area contributed by atoms with Crippen molar-refractivity contribution in [2.24, 2.45) is 0 Å². The SMILES string of the molecule is CO[SiH](OC)OC.c1cc[nH]c1. The second-order valence-corrected chi connectivity index (χ2v) is 3.87. The molecule has 0 amide bonds. The van der Waals surface area contributed by atoms with Crippen LogP contribution in [0, 0.1) is 0 Å². The van der Waals surface area contributed by atoms with Gasteiger partial charge in [-0.05, 0) is 12.1 Å². The molecular formula is C7H15NO3Si. The van der Waals surface area contributed by atoms with Gasteiger partial charge in [-0.3, -0.25) is 0 Å². The highest BCUT2D eigenvalue weighted by Crippen LogP contribution is 1.81. The fourth-order valence-corrected chi connectivity index (χ4v) is 1.14. The third kappa shape index (κ3) is 6.11. The zero-order valence-electron chi connectivity index (χ0n) is 7.61.